The molecule has 0 fully saturated rings. The summed E-state index contributed by atoms with van der Waals surface area (Å²) in [6.07, 6.45) is 0. The van der Waals surface area contributed by atoms with Gasteiger partial charge < -0.3 is 0 Å². The van der Waals surface area contributed by atoms with Crippen LogP contribution in [0.1, 0.15) is 41.7 Å². The molecule has 180 valence electrons. The van der Waals surface area contributed by atoms with Crippen molar-refractivity contribution in [3.8, 4) is 0 Å². The average molecular weight is 530 g/mol. The van der Waals surface area contributed by atoms with E-state index in [1.807, 2.05) is 0 Å². The van der Waals surface area contributed by atoms with E-state index in [1.165, 1.54) is 61.3 Å². The first-order valence-electron chi connectivity index (χ1n) is 13.2. The topological polar surface area (TPSA) is 3.24 Å². The summed E-state index contributed by atoms with van der Waals surface area (Å²) >= 11 is -2.01. The Morgan fingerprint density at radius 3 is 2.06 bits per heavy atom. The van der Waals surface area contributed by atoms with Gasteiger partial charge in [0, 0.05) is 0 Å². The number of hydrogen-bond acceptors (Lipinski definition) is 1. The van der Waals surface area contributed by atoms with Crippen LogP contribution < -0.4 is 25.7 Å². The first-order valence-corrected chi connectivity index (χ1v) is 20.6. The molecule has 0 aromatic heterocycles. The summed E-state index contributed by atoms with van der Waals surface area (Å²) in [6, 6.07) is 28.3. The van der Waals surface area contributed by atoms with E-state index in [9.17, 15) is 0 Å². The zero-order valence-electron chi connectivity index (χ0n) is 23.0. The molecule has 2 aliphatic rings. The molecular formula is C33H36BGeN. The maximum absolute atomic E-state index is 2.60. The Bertz CT molecular complexity index is 1530. The van der Waals surface area contributed by atoms with Crippen LogP contribution >= 0.6 is 0 Å². The Kier molecular flexibility index (Phi) is 5.19. The van der Waals surface area contributed by atoms with Gasteiger partial charge in [0.2, 0.25) is 0 Å². The van der Waals surface area contributed by atoms with Crippen molar-refractivity contribution in [1.82, 2.24) is 0 Å². The maximum atomic E-state index is 2.60. The molecule has 0 spiro atoms. The standard InChI is InChI=1S/C33H36BGeN/c1-21-9-14-25(15-10-21)36-29-17-11-22(2)19-28(29)34-27-20-24(35(6,7)8)13-16-26(27)33(4,5)31-23(3)12-18-30(36)32(31)34/h9-20H,1-8H3. The summed E-state index contributed by atoms with van der Waals surface area (Å²) in [6.45, 7) is 11.8. The van der Waals surface area contributed by atoms with Gasteiger partial charge in [-0.05, 0) is 0 Å². The van der Waals surface area contributed by atoms with Crippen molar-refractivity contribution in [3.63, 3.8) is 0 Å². The molecule has 2 aliphatic heterocycles. The molecule has 0 saturated carbocycles. The predicted molar refractivity (Wildman–Crippen MR) is 162 cm³/mol. The molecular weight excluding hydrogens is 494 g/mol. The van der Waals surface area contributed by atoms with Crippen LogP contribution in [-0.4, -0.2) is 20.0 Å². The van der Waals surface area contributed by atoms with E-state index in [2.05, 4.69) is 130 Å². The van der Waals surface area contributed by atoms with Gasteiger partial charge in [-0.2, -0.15) is 0 Å². The zero-order valence-corrected chi connectivity index (χ0v) is 25.1. The van der Waals surface area contributed by atoms with E-state index in [0.29, 0.717) is 0 Å². The van der Waals surface area contributed by atoms with Crippen LogP contribution in [0.3, 0.4) is 0 Å². The molecule has 2 heterocycles. The fourth-order valence-electron chi connectivity index (χ4n) is 6.70. The van der Waals surface area contributed by atoms with Crippen molar-refractivity contribution in [2.75, 3.05) is 4.90 Å². The quantitative estimate of drug-likeness (QED) is 0.250. The second-order valence-corrected chi connectivity index (χ2v) is 23.2. The minimum atomic E-state index is -2.01. The van der Waals surface area contributed by atoms with Crippen LogP contribution in [0.5, 0.6) is 0 Å². The SMILES string of the molecule is Cc1ccc(N2c3ccc(C)cc3B3c4c[c]([Ge]([CH3])([CH3])[CH3])ccc4C(C)(C)c4c(C)ccc2c43)cc1. The number of benzene rings is 4. The van der Waals surface area contributed by atoms with Gasteiger partial charge in [0.25, 0.3) is 0 Å². The molecule has 0 N–H and O–H groups in total. The minimum absolute atomic E-state index is 0.0506. The van der Waals surface area contributed by atoms with Crippen LogP contribution in [0.25, 0.3) is 0 Å². The molecule has 36 heavy (non-hydrogen) atoms. The molecule has 0 amide bonds. The summed E-state index contributed by atoms with van der Waals surface area (Å²) < 4.78 is 1.59. The van der Waals surface area contributed by atoms with Crippen molar-refractivity contribution in [3.05, 3.63) is 101 Å². The summed E-state index contributed by atoms with van der Waals surface area (Å²) in [5.74, 6) is 7.53. The van der Waals surface area contributed by atoms with Crippen molar-refractivity contribution < 1.29 is 0 Å². The van der Waals surface area contributed by atoms with Gasteiger partial charge >= 0.3 is 221 Å². The first-order chi connectivity index (χ1) is 17.0. The van der Waals surface area contributed by atoms with Gasteiger partial charge in [0.05, 0.1) is 0 Å². The average Bonchev–Trinajstić information content (AvgIpc) is 2.81. The van der Waals surface area contributed by atoms with Gasteiger partial charge in [-0.25, -0.2) is 0 Å². The number of hydrogen-bond donors (Lipinski definition) is 0. The van der Waals surface area contributed by atoms with Crippen LogP contribution in [0, 0.1) is 20.8 Å². The summed E-state index contributed by atoms with van der Waals surface area (Å²) in [5.41, 5.74) is 15.3. The number of aryl methyl sites for hydroxylation is 3. The molecule has 1 nitrogen and oxygen atoms in total. The molecule has 6 rings (SSSR count). The zero-order chi connectivity index (χ0) is 25.6. The van der Waals surface area contributed by atoms with E-state index in [0.717, 1.165) is 0 Å². The summed E-state index contributed by atoms with van der Waals surface area (Å²) in [4.78, 5) is 2.51. The van der Waals surface area contributed by atoms with Crippen molar-refractivity contribution in [2.45, 2.75) is 57.3 Å². The van der Waals surface area contributed by atoms with Crippen LogP contribution in [0.4, 0.5) is 17.1 Å². The number of nitrogens with zero attached hydrogens (tertiary/aromatic N) is 1. The second-order valence-electron chi connectivity index (χ2n) is 12.5. The van der Waals surface area contributed by atoms with Gasteiger partial charge in [-0.1, -0.05) is 0 Å². The molecule has 0 unspecified atom stereocenters. The number of anilines is 3. The van der Waals surface area contributed by atoms with E-state index in [-0.39, 0.29) is 12.1 Å². The third kappa shape index (κ3) is 3.37. The Labute approximate surface area is 220 Å². The van der Waals surface area contributed by atoms with Crippen molar-refractivity contribution in [1.29, 1.82) is 0 Å². The van der Waals surface area contributed by atoms with Gasteiger partial charge in [0.15, 0.2) is 0 Å². The molecule has 4 aromatic carbocycles. The van der Waals surface area contributed by atoms with Crippen LogP contribution in [0.2, 0.25) is 17.3 Å². The fraction of sp³-hybridized carbons (Fsp3) is 0.273. The van der Waals surface area contributed by atoms with Gasteiger partial charge in [-0.15, -0.1) is 0 Å². The third-order valence-corrected chi connectivity index (χ3v) is 12.8. The molecule has 0 aliphatic carbocycles. The van der Waals surface area contributed by atoms with E-state index >= 15 is 0 Å². The Morgan fingerprint density at radius 2 is 1.36 bits per heavy atom. The Balaban J connectivity index is 1.74. The summed E-state index contributed by atoms with van der Waals surface area (Å²) in [7, 11) is 0. The Hall–Kier alpha value is -2.71. The normalized spacial score (nSPS) is 15.3. The van der Waals surface area contributed by atoms with E-state index in [4.69, 9.17) is 0 Å². The fourth-order valence-corrected chi connectivity index (χ4v) is 9.15. The predicted octanol–water partition coefficient (Wildman–Crippen LogP) is 6.10. The van der Waals surface area contributed by atoms with Crippen molar-refractivity contribution in [2.24, 2.45) is 0 Å². The molecule has 0 radical (unpaired) electrons. The van der Waals surface area contributed by atoms with Gasteiger partial charge in [0.1, 0.15) is 0 Å². The number of fused-ring (bicyclic) bond motifs is 4. The first kappa shape index (κ1) is 23.7. The molecule has 4 aromatic rings. The molecule has 0 bridgehead atoms. The second kappa shape index (κ2) is 7.89. The Morgan fingerprint density at radius 1 is 0.694 bits per heavy atom. The van der Waals surface area contributed by atoms with E-state index < -0.39 is 13.3 Å². The van der Waals surface area contributed by atoms with Crippen molar-refractivity contribution >= 4 is 57.8 Å². The monoisotopic (exact) mass is 531 g/mol. The van der Waals surface area contributed by atoms with E-state index in [1.54, 1.807) is 4.40 Å². The van der Waals surface area contributed by atoms with Crippen LogP contribution in [-0.2, 0) is 5.41 Å². The van der Waals surface area contributed by atoms with Gasteiger partial charge in [-0.3, -0.25) is 0 Å². The number of rotatable bonds is 2. The third-order valence-electron chi connectivity index (χ3n) is 8.51. The molecule has 0 saturated heterocycles. The molecule has 0 atom stereocenters. The van der Waals surface area contributed by atoms with Crippen LogP contribution in [0.15, 0.2) is 72.8 Å². The molecule has 3 heteroatoms. The summed E-state index contributed by atoms with van der Waals surface area (Å²) in [5, 5.41) is 0.